The largest absolute Gasteiger partial charge is 0.507 e. The molecule has 3 rings (SSSR count). The number of aromatic hydroxyl groups is 1. The van der Waals surface area contributed by atoms with E-state index in [1.807, 2.05) is 36.4 Å². The van der Waals surface area contributed by atoms with Crippen molar-refractivity contribution in [1.82, 2.24) is 0 Å². The lowest BCUT2D eigenvalue weighted by atomic mass is 9.76. The molecule has 1 aliphatic carbocycles. The number of carbonyl (C=O) groups is 1. The number of carbonyl (C=O) groups excluding carboxylic acids is 1. The zero-order valence-corrected chi connectivity index (χ0v) is 16.1. The van der Waals surface area contributed by atoms with Crippen molar-refractivity contribution < 1.29 is 9.90 Å². The minimum atomic E-state index is -0.186. The van der Waals surface area contributed by atoms with Crippen molar-refractivity contribution in [1.29, 1.82) is 0 Å². The van der Waals surface area contributed by atoms with E-state index in [9.17, 15) is 9.90 Å². The second kappa shape index (κ2) is 5.72. The van der Waals surface area contributed by atoms with E-state index in [4.69, 9.17) is 0 Å². The van der Waals surface area contributed by atoms with Crippen LogP contribution in [-0.2, 0) is 17.3 Å². The van der Waals surface area contributed by atoms with Crippen molar-refractivity contribution in [2.24, 2.45) is 0 Å². The molecule has 0 aliphatic heterocycles. The van der Waals surface area contributed by atoms with Gasteiger partial charge in [-0.3, -0.25) is 4.79 Å². The lowest BCUT2D eigenvalue weighted by Crippen LogP contribution is -2.19. The van der Waals surface area contributed by atoms with Crippen molar-refractivity contribution in [3.63, 3.8) is 0 Å². The van der Waals surface area contributed by atoms with Crippen molar-refractivity contribution in [2.75, 3.05) is 0 Å². The summed E-state index contributed by atoms with van der Waals surface area (Å²) in [5, 5.41) is 10.9. The first-order valence-electron chi connectivity index (χ1n) is 9.00. The van der Waals surface area contributed by atoms with Crippen molar-refractivity contribution in [2.45, 2.75) is 64.7 Å². The fourth-order valence-electron chi connectivity index (χ4n) is 3.71. The molecule has 1 aliphatic rings. The number of benzene rings is 2. The zero-order valence-electron chi connectivity index (χ0n) is 16.1. The van der Waals surface area contributed by atoms with Crippen LogP contribution in [0.3, 0.4) is 0 Å². The molecular weight excluding hydrogens is 308 g/mol. The van der Waals surface area contributed by atoms with Gasteiger partial charge in [-0.25, -0.2) is 0 Å². The van der Waals surface area contributed by atoms with E-state index in [1.54, 1.807) is 0 Å². The third-order valence-corrected chi connectivity index (χ3v) is 5.17. The van der Waals surface area contributed by atoms with Crippen LogP contribution < -0.4 is 0 Å². The summed E-state index contributed by atoms with van der Waals surface area (Å²) in [7, 11) is 0. The molecule has 0 amide bonds. The molecule has 1 N–H and O–H groups in total. The summed E-state index contributed by atoms with van der Waals surface area (Å²) >= 11 is 0. The Kier molecular flexibility index (Phi) is 4.06. The first-order chi connectivity index (χ1) is 11.5. The van der Waals surface area contributed by atoms with Crippen LogP contribution in [0.1, 0.15) is 80.1 Å². The van der Waals surface area contributed by atoms with Gasteiger partial charge in [0.15, 0.2) is 5.78 Å². The highest BCUT2D eigenvalue weighted by Gasteiger charge is 2.34. The number of hydrogen-bond acceptors (Lipinski definition) is 2. The first kappa shape index (κ1) is 17.7. The Hall–Kier alpha value is -2.09. The predicted octanol–water partition coefficient (Wildman–Crippen LogP) is 5.51. The van der Waals surface area contributed by atoms with E-state index in [-0.39, 0.29) is 22.5 Å². The lowest BCUT2D eigenvalue weighted by molar-refractivity contribution is 0.0972. The van der Waals surface area contributed by atoms with E-state index in [2.05, 4.69) is 41.5 Å². The highest BCUT2D eigenvalue weighted by Crippen LogP contribution is 2.43. The maximum Gasteiger partial charge on any atom is 0.170 e. The Labute approximate surface area is 150 Å². The Morgan fingerprint density at radius 2 is 1.44 bits per heavy atom. The molecular formula is C23H28O2. The van der Waals surface area contributed by atoms with Crippen LogP contribution in [0, 0.1) is 0 Å². The van der Waals surface area contributed by atoms with Gasteiger partial charge in [-0.1, -0.05) is 77.9 Å². The Morgan fingerprint density at radius 3 is 1.92 bits per heavy atom. The average Bonchev–Trinajstić information content (AvgIpc) is 2.83. The number of fused-ring (bicyclic) bond motifs is 1. The normalized spacial score (nSPS) is 17.7. The standard InChI is InChI=1S/C23H28O2/c1-22(2,3)18-12-15(13-19(21(18)25)23(4,5)6)17-11-14-9-7-8-10-16(14)20(17)24/h7-10,12-13,17,25H,11H2,1-6H3. The molecule has 0 heterocycles. The summed E-state index contributed by atoms with van der Waals surface area (Å²) in [6.45, 7) is 12.6. The Bertz CT molecular complexity index is 797. The van der Waals surface area contributed by atoms with E-state index in [0.29, 0.717) is 5.75 Å². The van der Waals surface area contributed by atoms with Gasteiger partial charge in [0.05, 0.1) is 5.92 Å². The number of phenolic OH excluding ortho intramolecular Hbond substituents is 1. The summed E-state index contributed by atoms with van der Waals surface area (Å²) in [4.78, 5) is 12.9. The van der Waals surface area contributed by atoms with Crippen LogP contribution in [0.2, 0.25) is 0 Å². The van der Waals surface area contributed by atoms with E-state index >= 15 is 0 Å². The molecule has 2 heteroatoms. The molecule has 0 aromatic heterocycles. The quantitative estimate of drug-likeness (QED) is 0.745. The third-order valence-electron chi connectivity index (χ3n) is 5.17. The van der Waals surface area contributed by atoms with E-state index in [0.717, 1.165) is 34.2 Å². The van der Waals surface area contributed by atoms with Crippen LogP contribution in [0.25, 0.3) is 0 Å². The molecule has 132 valence electrons. The molecule has 0 saturated heterocycles. The number of ketones is 1. The van der Waals surface area contributed by atoms with Gasteiger partial charge in [0, 0.05) is 5.56 Å². The highest BCUT2D eigenvalue weighted by molar-refractivity contribution is 6.05. The maximum atomic E-state index is 12.9. The summed E-state index contributed by atoms with van der Waals surface area (Å²) in [6.07, 6.45) is 0.743. The molecule has 0 spiro atoms. The molecule has 2 nitrogen and oxygen atoms in total. The van der Waals surface area contributed by atoms with Gasteiger partial charge in [0.2, 0.25) is 0 Å². The van der Waals surface area contributed by atoms with Crippen LogP contribution in [0.15, 0.2) is 36.4 Å². The fourth-order valence-corrected chi connectivity index (χ4v) is 3.71. The molecule has 1 unspecified atom stereocenters. The van der Waals surface area contributed by atoms with Crippen molar-refractivity contribution in [3.8, 4) is 5.75 Å². The Balaban J connectivity index is 2.17. The average molecular weight is 336 g/mol. The van der Waals surface area contributed by atoms with E-state index < -0.39 is 0 Å². The number of phenols is 1. The minimum Gasteiger partial charge on any atom is -0.507 e. The first-order valence-corrected chi connectivity index (χ1v) is 9.00. The molecule has 2 aromatic rings. The highest BCUT2D eigenvalue weighted by atomic mass is 16.3. The monoisotopic (exact) mass is 336 g/mol. The van der Waals surface area contributed by atoms with Crippen molar-refractivity contribution in [3.05, 3.63) is 64.2 Å². The lowest BCUT2D eigenvalue weighted by Gasteiger charge is -2.29. The second-order valence-corrected chi connectivity index (χ2v) is 9.24. The number of Topliss-reactive ketones (excluding diaryl/α,β-unsaturated/α-hetero) is 1. The summed E-state index contributed by atoms with van der Waals surface area (Å²) in [6, 6.07) is 12.0. The molecule has 0 bridgehead atoms. The van der Waals surface area contributed by atoms with Gasteiger partial charge in [0.25, 0.3) is 0 Å². The van der Waals surface area contributed by atoms with Gasteiger partial charge in [-0.05, 0) is 39.5 Å². The van der Waals surface area contributed by atoms with Crippen LogP contribution >= 0.6 is 0 Å². The summed E-state index contributed by atoms with van der Waals surface area (Å²) < 4.78 is 0. The van der Waals surface area contributed by atoms with Gasteiger partial charge in [-0.2, -0.15) is 0 Å². The summed E-state index contributed by atoms with van der Waals surface area (Å²) in [5.41, 5.74) is 4.45. The maximum absolute atomic E-state index is 12.9. The SMILES string of the molecule is CC(C)(C)c1cc(C2Cc3ccccc3C2=O)cc(C(C)(C)C)c1O. The molecule has 0 fully saturated rings. The van der Waals surface area contributed by atoms with Crippen LogP contribution in [0.5, 0.6) is 5.75 Å². The molecule has 0 saturated carbocycles. The van der Waals surface area contributed by atoms with Gasteiger partial charge in [-0.15, -0.1) is 0 Å². The molecule has 2 aromatic carbocycles. The summed E-state index contributed by atoms with van der Waals surface area (Å²) in [5.74, 6) is 0.410. The van der Waals surface area contributed by atoms with Crippen LogP contribution in [-0.4, -0.2) is 10.9 Å². The van der Waals surface area contributed by atoms with Gasteiger partial charge in [0.1, 0.15) is 5.75 Å². The Morgan fingerprint density at radius 1 is 0.920 bits per heavy atom. The molecule has 25 heavy (non-hydrogen) atoms. The van der Waals surface area contributed by atoms with E-state index in [1.165, 1.54) is 0 Å². The number of rotatable bonds is 1. The molecule has 1 atom stereocenters. The zero-order chi connectivity index (χ0) is 18.6. The van der Waals surface area contributed by atoms with Gasteiger partial charge < -0.3 is 5.11 Å². The van der Waals surface area contributed by atoms with Crippen molar-refractivity contribution >= 4 is 5.78 Å². The predicted molar refractivity (Wildman–Crippen MR) is 103 cm³/mol. The topological polar surface area (TPSA) is 37.3 Å². The molecule has 0 radical (unpaired) electrons. The third kappa shape index (κ3) is 3.10. The second-order valence-electron chi connectivity index (χ2n) is 9.24. The number of hydrogen-bond donors (Lipinski definition) is 1. The van der Waals surface area contributed by atoms with Crippen LogP contribution in [0.4, 0.5) is 0 Å². The minimum absolute atomic E-state index is 0.153. The smallest absolute Gasteiger partial charge is 0.170 e. The van der Waals surface area contributed by atoms with Gasteiger partial charge >= 0.3 is 0 Å². The fraction of sp³-hybridized carbons (Fsp3) is 0.435.